The number of hydrogen-bond donors (Lipinski definition) is 5. The molecule has 10 nitrogen and oxygen atoms in total. The van der Waals surface area contributed by atoms with Crippen LogP contribution in [0.1, 0.15) is 47.0 Å². The molecule has 0 aliphatic carbocycles. The van der Waals surface area contributed by atoms with Gasteiger partial charge in [0.05, 0.1) is 18.9 Å². The maximum atomic E-state index is 12.1. The average Bonchev–Trinajstić information content (AvgIpc) is 2.66. The zero-order chi connectivity index (χ0) is 23.9. The molecule has 0 aliphatic heterocycles. The van der Waals surface area contributed by atoms with E-state index in [1.165, 1.54) is 6.42 Å². The van der Waals surface area contributed by atoms with Gasteiger partial charge in [-0.25, -0.2) is 0 Å². The SMILES string of the molecule is CCC.CNCCC[C@H](NC(=O)CNC(=O)COCC(=O)P)C(=O)C(C)C.N=CN. The molecule has 0 fully saturated rings. The summed E-state index contributed by atoms with van der Waals surface area (Å²) in [6, 6.07) is -0.561. The van der Waals surface area contributed by atoms with Crippen LogP contribution in [-0.4, -0.2) is 68.9 Å². The molecule has 0 spiro atoms. The second kappa shape index (κ2) is 23.4. The first-order chi connectivity index (χ1) is 14.1. The molecule has 0 heterocycles. The summed E-state index contributed by atoms with van der Waals surface area (Å²) in [6.07, 6.45) is 3.29. The summed E-state index contributed by atoms with van der Waals surface area (Å²) in [5.41, 5.74) is 4.12. The normalized spacial score (nSPS) is 10.5. The molecule has 0 saturated heterocycles. The predicted molar refractivity (Wildman–Crippen MR) is 122 cm³/mol. The van der Waals surface area contributed by atoms with Crippen LogP contribution in [0.15, 0.2) is 0 Å². The molecule has 0 aromatic carbocycles. The second-order valence-corrected chi connectivity index (χ2v) is 7.18. The number of ether oxygens (including phenoxy) is 1. The van der Waals surface area contributed by atoms with E-state index >= 15 is 0 Å². The van der Waals surface area contributed by atoms with Gasteiger partial charge < -0.3 is 26.4 Å². The van der Waals surface area contributed by atoms with Crippen LogP contribution in [0.4, 0.5) is 0 Å². The lowest BCUT2D eigenvalue weighted by atomic mass is 9.98. The van der Waals surface area contributed by atoms with Crippen molar-refractivity contribution in [2.75, 3.05) is 33.4 Å². The van der Waals surface area contributed by atoms with Crippen molar-refractivity contribution >= 4 is 38.7 Å². The minimum absolute atomic E-state index is 0.0342. The zero-order valence-corrected chi connectivity index (χ0v) is 20.0. The predicted octanol–water partition coefficient (Wildman–Crippen LogP) is 0.199. The van der Waals surface area contributed by atoms with Crippen molar-refractivity contribution in [3.05, 3.63) is 0 Å². The van der Waals surface area contributed by atoms with Crippen LogP contribution in [0, 0.1) is 11.3 Å². The van der Waals surface area contributed by atoms with E-state index in [0.717, 1.165) is 19.3 Å². The van der Waals surface area contributed by atoms with Gasteiger partial charge in [-0.05, 0) is 26.4 Å². The summed E-state index contributed by atoms with van der Waals surface area (Å²) in [7, 11) is 3.76. The Labute approximate surface area is 182 Å². The second-order valence-electron chi connectivity index (χ2n) is 6.53. The lowest BCUT2D eigenvalue weighted by Gasteiger charge is -2.19. The van der Waals surface area contributed by atoms with Crippen LogP contribution in [-0.2, 0) is 23.9 Å². The van der Waals surface area contributed by atoms with Crippen LogP contribution >= 0.6 is 9.24 Å². The van der Waals surface area contributed by atoms with Crippen molar-refractivity contribution in [3.63, 3.8) is 0 Å². The molecule has 6 N–H and O–H groups in total. The van der Waals surface area contributed by atoms with E-state index in [-0.39, 0.29) is 37.0 Å². The van der Waals surface area contributed by atoms with Crippen LogP contribution in [0.3, 0.4) is 0 Å². The third-order valence-electron chi connectivity index (χ3n) is 3.09. The van der Waals surface area contributed by atoms with E-state index < -0.39 is 17.9 Å². The number of rotatable bonds is 13. The standard InChI is InChI=1S/C15H28N3O5P.C3H8.CH4N2/c1-10(2)15(22)11(5-4-6-16-3)18-12(19)7-17-13(20)8-23-9-14(21)24;1-3-2;2-1-3/h10-11,16H,4-9,24H2,1-3H3,(H,17,20)(H,18,19);3H2,1-2H3;1H,(H3,2,3)/t11-;;/m0../s1. The van der Waals surface area contributed by atoms with E-state index in [4.69, 9.17) is 10.1 Å². The van der Waals surface area contributed by atoms with Gasteiger partial charge in [0.2, 0.25) is 11.8 Å². The number of nitrogens with one attached hydrogen (secondary N) is 4. The zero-order valence-electron chi connectivity index (χ0n) is 18.9. The fourth-order valence-electron chi connectivity index (χ4n) is 1.89. The van der Waals surface area contributed by atoms with Crippen molar-refractivity contribution < 1.29 is 23.9 Å². The van der Waals surface area contributed by atoms with Crippen LogP contribution in [0.2, 0.25) is 0 Å². The van der Waals surface area contributed by atoms with E-state index in [9.17, 15) is 19.2 Å². The largest absolute Gasteiger partial charge is 0.390 e. The van der Waals surface area contributed by atoms with Gasteiger partial charge in [0, 0.05) is 5.92 Å². The van der Waals surface area contributed by atoms with Gasteiger partial charge in [-0.2, -0.15) is 0 Å². The third-order valence-corrected chi connectivity index (χ3v) is 3.26. The Hall–Kier alpha value is -1.90. The smallest absolute Gasteiger partial charge is 0.246 e. The lowest BCUT2D eigenvalue weighted by molar-refractivity contribution is -0.131. The first kappa shape index (κ1) is 32.8. The Morgan fingerprint density at radius 2 is 1.67 bits per heavy atom. The molecule has 0 bridgehead atoms. The summed E-state index contributed by atoms with van der Waals surface area (Å²) in [5.74, 6) is -1.15. The van der Waals surface area contributed by atoms with Gasteiger partial charge in [0.15, 0.2) is 11.3 Å². The molecule has 30 heavy (non-hydrogen) atoms. The molecule has 0 aromatic heterocycles. The number of amides is 2. The molecule has 0 saturated carbocycles. The number of ketones is 1. The van der Waals surface area contributed by atoms with Crippen molar-refractivity contribution in [3.8, 4) is 0 Å². The first-order valence-corrected chi connectivity index (χ1v) is 10.5. The number of nitrogens with two attached hydrogens (primary N) is 1. The minimum atomic E-state index is -0.561. The van der Waals surface area contributed by atoms with Crippen molar-refractivity contribution in [1.82, 2.24) is 16.0 Å². The maximum absolute atomic E-state index is 12.1. The van der Waals surface area contributed by atoms with E-state index in [2.05, 4.69) is 35.5 Å². The molecule has 2 atom stereocenters. The molecule has 0 rings (SSSR count). The Morgan fingerprint density at radius 1 is 1.13 bits per heavy atom. The Morgan fingerprint density at radius 3 is 2.10 bits per heavy atom. The maximum Gasteiger partial charge on any atom is 0.246 e. The van der Waals surface area contributed by atoms with E-state index in [0.29, 0.717) is 6.42 Å². The summed E-state index contributed by atoms with van der Waals surface area (Å²) in [6.45, 7) is 7.84. The van der Waals surface area contributed by atoms with Gasteiger partial charge in [-0.3, -0.25) is 24.6 Å². The van der Waals surface area contributed by atoms with E-state index in [1.807, 2.05) is 16.3 Å². The molecule has 2 amide bonds. The fourth-order valence-corrected chi connectivity index (χ4v) is 2.01. The Kier molecular flexibility index (Phi) is 25.5. The Bertz CT molecular complexity index is 504. The summed E-state index contributed by atoms with van der Waals surface area (Å²) >= 11 is 0. The average molecular weight is 450 g/mol. The highest BCUT2D eigenvalue weighted by molar-refractivity contribution is 7.40. The van der Waals surface area contributed by atoms with Gasteiger partial charge in [-0.1, -0.05) is 43.4 Å². The van der Waals surface area contributed by atoms with Crippen molar-refractivity contribution in [1.29, 1.82) is 5.41 Å². The van der Waals surface area contributed by atoms with Gasteiger partial charge >= 0.3 is 0 Å². The van der Waals surface area contributed by atoms with Crippen LogP contribution in [0.5, 0.6) is 0 Å². The number of hydrogen-bond acceptors (Lipinski definition) is 7. The minimum Gasteiger partial charge on any atom is -0.390 e. The summed E-state index contributed by atoms with van der Waals surface area (Å²) < 4.78 is 4.83. The molecule has 11 heteroatoms. The highest BCUT2D eigenvalue weighted by Crippen LogP contribution is 2.06. The fraction of sp³-hybridized carbons (Fsp3) is 0.737. The third kappa shape index (κ3) is 24.1. The Balaban J connectivity index is -0.00000107. The summed E-state index contributed by atoms with van der Waals surface area (Å²) in [4.78, 5) is 46.2. The molecule has 0 radical (unpaired) electrons. The topological polar surface area (TPSA) is 163 Å². The van der Waals surface area contributed by atoms with E-state index in [1.54, 1.807) is 13.8 Å². The quantitative estimate of drug-likeness (QED) is 0.116. The highest BCUT2D eigenvalue weighted by atomic mass is 31.0. The summed E-state index contributed by atoms with van der Waals surface area (Å²) in [5, 5.41) is 13.9. The number of Topliss-reactive ketones (excluding diaryl/α,β-unsaturated/α-hetero) is 1. The lowest BCUT2D eigenvalue weighted by Crippen LogP contribution is -2.47. The number of carbonyl (C=O) groups is 4. The van der Waals surface area contributed by atoms with Crippen LogP contribution < -0.4 is 21.7 Å². The molecular formula is C19H40N5O5P. The molecule has 0 aliphatic rings. The first-order valence-electron chi connectivity index (χ1n) is 9.92. The van der Waals surface area contributed by atoms with Crippen molar-refractivity contribution in [2.45, 2.75) is 53.0 Å². The molecular weight excluding hydrogens is 409 g/mol. The van der Waals surface area contributed by atoms with Crippen molar-refractivity contribution in [2.24, 2.45) is 11.7 Å². The van der Waals surface area contributed by atoms with Gasteiger partial charge in [0.25, 0.3) is 0 Å². The molecule has 176 valence electrons. The molecule has 0 aromatic rings. The van der Waals surface area contributed by atoms with Gasteiger partial charge in [0.1, 0.15) is 13.2 Å². The highest BCUT2D eigenvalue weighted by Gasteiger charge is 2.22. The monoisotopic (exact) mass is 449 g/mol. The number of carbonyl (C=O) groups excluding carboxylic acids is 4. The van der Waals surface area contributed by atoms with Crippen LogP contribution in [0.25, 0.3) is 0 Å². The van der Waals surface area contributed by atoms with Gasteiger partial charge in [-0.15, -0.1) is 0 Å². The molecule has 1 unspecified atom stereocenters.